The minimum Gasteiger partial charge on any atom is -0.290 e. The van der Waals surface area contributed by atoms with Crippen molar-refractivity contribution < 1.29 is 4.79 Å². The molecule has 4 rings (SSSR count). The fourth-order valence-electron chi connectivity index (χ4n) is 6.71. The van der Waals surface area contributed by atoms with Gasteiger partial charge in [0.05, 0.1) is 0 Å². The van der Waals surface area contributed by atoms with Crippen LogP contribution in [0.1, 0.15) is 59.3 Å². The summed E-state index contributed by atoms with van der Waals surface area (Å²) in [6.07, 6.45) is 13.7. The number of fused-ring (bicyclic) bond motifs is 5. The van der Waals surface area contributed by atoms with Crippen LogP contribution < -0.4 is 0 Å². The molecule has 6 atom stereocenters. The first-order valence-corrected chi connectivity index (χ1v) is 9.53. The molecule has 1 heteroatoms. The zero-order valence-electron chi connectivity index (χ0n) is 14.9. The van der Waals surface area contributed by atoms with Crippen LogP contribution in [0.15, 0.2) is 36.0 Å². The summed E-state index contributed by atoms with van der Waals surface area (Å²) in [7, 11) is 0. The summed E-state index contributed by atoms with van der Waals surface area (Å²) in [6, 6.07) is 0. The summed E-state index contributed by atoms with van der Waals surface area (Å²) in [5.74, 6) is 3.12. The highest BCUT2D eigenvalue weighted by Gasteiger charge is 2.58. The van der Waals surface area contributed by atoms with Crippen molar-refractivity contribution in [2.75, 3.05) is 0 Å². The van der Waals surface area contributed by atoms with Gasteiger partial charge in [-0.3, -0.25) is 4.79 Å². The van der Waals surface area contributed by atoms with E-state index in [1.165, 1.54) is 43.3 Å². The van der Waals surface area contributed by atoms with E-state index in [1.54, 1.807) is 0 Å². The predicted molar refractivity (Wildman–Crippen MR) is 94.9 cm³/mol. The highest BCUT2D eigenvalue weighted by molar-refractivity contribution is 6.01. The number of carbonyl (C=O) groups is 1. The van der Waals surface area contributed by atoms with Gasteiger partial charge in [-0.05, 0) is 79.8 Å². The number of carbonyl (C=O) groups excluding carboxylic acids is 1. The SMILES string of the molecule is C=C1CCC2C3CC(CC)C4=CC(=O)C=C[C@]4(C)C3CC[C@]12C. The van der Waals surface area contributed by atoms with E-state index in [0.717, 1.165) is 18.3 Å². The smallest absolute Gasteiger partial charge is 0.178 e. The highest BCUT2D eigenvalue weighted by atomic mass is 16.1. The molecular weight excluding hydrogens is 280 g/mol. The van der Waals surface area contributed by atoms with Crippen LogP contribution in [-0.4, -0.2) is 5.78 Å². The number of rotatable bonds is 1. The zero-order chi connectivity index (χ0) is 16.4. The van der Waals surface area contributed by atoms with Crippen molar-refractivity contribution in [2.45, 2.75) is 59.3 Å². The molecule has 4 unspecified atom stereocenters. The van der Waals surface area contributed by atoms with E-state index in [1.807, 2.05) is 12.2 Å². The van der Waals surface area contributed by atoms with Crippen molar-refractivity contribution in [1.82, 2.24) is 0 Å². The average molecular weight is 310 g/mol. The summed E-state index contributed by atoms with van der Waals surface area (Å²) >= 11 is 0. The monoisotopic (exact) mass is 310 g/mol. The standard InChI is InChI=1S/C22H30O/c1-5-15-12-17-18-7-6-14(2)21(18,3)11-9-19(17)22(4)10-8-16(23)13-20(15)22/h8,10,13,15,17-19H,2,5-7,9,11-12H2,1,3-4H3/t15?,17?,18?,19?,21-,22-/m1/s1. The van der Waals surface area contributed by atoms with Crippen molar-refractivity contribution in [3.63, 3.8) is 0 Å². The molecule has 23 heavy (non-hydrogen) atoms. The predicted octanol–water partition coefficient (Wildman–Crippen LogP) is 5.49. The Morgan fingerprint density at radius 1 is 1.26 bits per heavy atom. The van der Waals surface area contributed by atoms with Gasteiger partial charge >= 0.3 is 0 Å². The third-order valence-corrected chi connectivity index (χ3v) is 8.16. The molecule has 3 fully saturated rings. The van der Waals surface area contributed by atoms with Crippen LogP contribution in [0.5, 0.6) is 0 Å². The normalized spacial score (nSPS) is 48.6. The average Bonchev–Trinajstić information content (AvgIpc) is 2.83. The summed E-state index contributed by atoms with van der Waals surface area (Å²) in [4.78, 5) is 12.0. The molecule has 0 bridgehead atoms. The van der Waals surface area contributed by atoms with E-state index in [9.17, 15) is 4.79 Å². The van der Waals surface area contributed by atoms with Crippen LogP contribution in [0.4, 0.5) is 0 Å². The van der Waals surface area contributed by atoms with Gasteiger partial charge in [0.25, 0.3) is 0 Å². The molecule has 0 spiro atoms. The summed E-state index contributed by atoms with van der Waals surface area (Å²) in [6.45, 7) is 11.6. The maximum Gasteiger partial charge on any atom is 0.178 e. The van der Waals surface area contributed by atoms with E-state index in [2.05, 4.69) is 33.4 Å². The third kappa shape index (κ3) is 1.95. The van der Waals surface area contributed by atoms with Gasteiger partial charge in [0, 0.05) is 5.41 Å². The van der Waals surface area contributed by atoms with Crippen LogP contribution in [0.2, 0.25) is 0 Å². The molecule has 124 valence electrons. The van der Waals surface area contributed by atoms with Gasteiger partial charge < -0.3 is 0 Å². The van der Waals surface area contributed by atoms with Crippen molar-refractivity contribution in [1.29, 1.82) is 0 Å². The fraction of sp³-hybridized carbons (Fsp3) is 0.682. The second-order valence-corrected chi connectivity index (χ2v) is 8.93. The van der Waals surface area contributed by atoms with Gasteiger partial charge in [0.2, 0.25) is 0 Å². The Morgan fingerprint density at radius 2 is 2.04 bits per heavy atom. The Labute approximate surface area is 140 Å². The van der Waals surface area contributed by atoms with Gasteiger partial charge in [-0.25, -0.2) is 0 Å². The molecule has 0 saturated heterocycles. The van der Waals surface area contributed by atoms with Gasteiger partial charge in [-0.1, -0.05) is 44.6 Å². The van der Waals surface area contributed by atoms with Crippen LogP contribution in [-0.2, 0) is 4.79 Å². The Balaban J connectivity index is 1.77. The van der Waals surface area contributed by atoms with E-state index < -0.39 is 0 Å². The van der Waals surface area contributed by atoms with Crippen molar-refractivity contribution in [3.05, 3.63) is 36.0 Å². The Morgan fingerprint density at radius 3 is 2.78 bits per heavy atom. The number of allylic oxidation sites excluding steroid dienone is 5. The first kappa shape index (κ1) is 15.4. The molecule has 0 N–H and O–H groups in total. The van der Waals surface area contributed by atoms with E-state index >= 15 is 0 Å². The molecule has 0 heterocycles. The second kappa shape index (κ2) is 4.94. The molecule has 0 aromatic rings. The molecule has 0 aromatic carbocycles. The van der Waals surface area contributed by atoms with Crippen molar-refractivity contribution >= 4 is 5.78 Å². The van der Waals surface area contributed by atoms with Gasteiger partial charge in [-0.15, -0.1) is 0 Å². The Hall–Kier alpha value is -1.11. The van der Waals surface area contributed by atoms with E-state index in [4.69, 9.17) is 0 Å². The minimum absolute atomic E-state index is 0.114. The zero-order valence-corrected chi connectivity index (χ0v) is 14.9. The Bertz CT molecular complexity index is 624. The van der Waals surface area contributed by atoms with Crippen molar-refractivity contribution in [3.8, 4) is 0 Å². The fourth-order valence-corrected chi connectivity index (χ4v) is 6.71. The van der Waals surface area contributed by atoms with E-state index in [-0.39, 0.29) is 11.2 Å². The maximum atomic E-state index is 12.0. The van der Waals surface area contributed by atoms with E-state index in [0.29, 0.717) is 17.3 Å². The quantitative estimate of drug-likeness (QED) is 0.586. The highest BCUT2D eigenvalue weighted by Crippen LogP contribution is 2.66. The molecular formula is C22H30O. The number of hydrogen-bond acceptors (Lipinski definition) is 1. The molecule has 3 saturated carbocycles. The number of ketones is 1. The lowest BCUT2D eigenvalue weighted by molar-refractivity contribution is -0.111. The molecule has 4 aliphatic rings. The summed E-state index contributed by atoms with van der Waals surface area (Å²) in [5.41, 5.74) is 3.44. The lowest BCUT2D eigenvalue weighted by Gasteiger charge is -2.58. The maximum absolute atomic E-state index is 12.0. The summed E-state index contributed by atoms with van der Waals surface area (Å²) in [5, 5.41) is 0. The van der Waals surface area contributed by atoms with Crippen LogP contribution in [0.3, 0.4) is 0 Å². The molecule has 0 aliphatic heterocycles. The second-order valence-electron chi connectivity index (χ2n) is 8.93. The molecule has 0 radical (unpaired) electrons. The lowest BCUT2D eigenvalue weighted by atomic mass is 9.46. The first-order valence-electron chi connectivity index (χ1n) is 9.53. The minimum atomic E-state index is 0.114. The first-order chi connectivity index (χ1) is 10.9. The molecule has 0 amide bonds. The third-order valence-electron chi connectivity index (χ3n) is 8.16. The summed E-state index contributed by atoms with van der Waals surface area (Å²) < 4.78 is 0. The topological polar surface area (TPSA) is 17.1 Å². The van der Waals surface area contributed by atoms with Gasteiger partial charge in [-0.2, -0.15) is 0 Å². The van der Waals surface area contributed by atoms with Gasteiger partial charge in [0.1, 0.15) is 0 Å². The van der Waals surface area contributed by atoms with Crippen LogP contribution in [0.25, 0.3) is 0 Å². The Kier molecular flexibility index (Phi) is 3.31. The molecule has 0 aromatic heterocycles. The van der Waals surface area contributed by atoms with Crippen LogP contribution >= 0.6 is 0 Å². The largest absolute Gasteiger partial charge is 0.290 e. The van der Waals surface area contributed by atoms with Gasteiger partial charge in [0.15, 0.2) is 5.78 Å². The van der Waals surface area contributed by atoms with Crippen molar-refractivity contribution in [2.24, 2.45) is 34.5 Å². The van der Waals surface area contributed by atoms with Crippen LogP contribution in [0, 0.1) is 34.5 Å². The molecule has 1 nitrogen and oxygen atoms in total. The lowest BCUT2D eigenvalue weighted by Crippen LogP contribution is -2.50. The molecule has 4 aliphatic carbocycles. The number of hydrogen-bond donors (Lipinski definition) is 0.